The number of carbonyl (C=O) groups excluding carboxylic acids is 1. The Bertz CT molecular complexity index is 406. The summed E-state index contributed by atoms with van der Waals surface area (Å²) in [6.45, 7) is 10.8. The number of fused-ring (bicyclic) bond motifs is 1. The molecule has 1 fully saturated rings. The highest BCUT2D eigenvalue weighted by atomic mass is 16.7. The topological polar surface area (TPSA) is 38.8 Å². The van der Waals surface area contributed by atoms with Gasteiger partial charge in [0.15, 0.2) is 0 Å². The molecular formula is C14H23NO3. The van der Waals surface area contributed by atoms with Crippen LogP contribution in [-0.4, -0.2) is 29.2 Å². The highest BCUT2D eigenvalue weighted by molar-refractivity contribution is 5.86. The van der Waals surface area contributed by atoms with Crippen molar-refractivity contribution in [2.24, 2.45) is 5.41 Å². The number of ether oxygens (including phenoxy) is 1. The van der Waals surface area contributed by atoms with Gasteiger partial charge in [0, 0.05) is 0 Å². The van der Waals surface area contributed by atoms with Crippen LogP contribution in [0.3, 0.4) is 0 Å². The molecule has 0 aromatic rings. The monoisotopic (exact) mass is 253 g/mol. The van der Waals surface area contributed by atoms with E-state index in [-0.39, 0.29) is 16.5 Å². The van der Waals surface area contributed by atoms with Crippen molar-refractivity contribution < 1.29 is 14.4 Å². The third-order valence-electron chi connectivity index (χ3n) is 4.27. The molecule has 0 aliphatic carbocycles. The smallest absolute Gasteiger partial charge is 0.375 e. The van der Waals surface area contributed by atoms with Crippen molar-refractivity contribution in [3.8, 4) is 0 Å². The lowest BCUT2D eigenvalue weighted by Crippen LogP contribution is -2.53. The van der Waals surface area contributed by atoms with Crippen molar-refractivity contribution in [3.05, 3.63) is 11.8 Å². The summed E-state index contributed by atoms with van der Waals surface area (Å²) in [6, 6.07) is 0. The maximum atomic E-state index is 11.7. The summed E-state index contributed by atoms with van der Waals surface area (Å²) < 4.78 is 4.77. The van der Waals surface area contributed by atoms with E-state index in [1.165, 1.54) is 7.11 Å². The van der Waals surface area contributed by atoms with Crippen LogP contribution >= 0.6 is 0 Å². The minimum atomic E-state index is -0.399. The number of hydrogen-bond donors (Lipinski definition) is 0. The minimum Gasteiger partial charge on any atom is -0.463 e. The molecule has 1 atom stereocenters. The number of rotatable bonds is 1. The number of carbonyl (C=O) groups is 1. The van der Waals surface area contributed by atoms with Crippen LogP contribution in [0.5, 0.6) is 0 Å². The Labute approximate surface area is 109 Å². The van der Waals surface area contributed by atoms with Gasteiger partial charge in [-0.2, -0.15) is 0 Å². The van der Waals surface area contributed by atoms with Crippen LogP contribution in [0.1, 0.15) is 47.5 Å². The first-order valence-electron chi connectivity index (χ1n) is 6.43. The second-order valence-corrected chi connectivity index (χ2v) is 6.87. The van der Waals surface area contributed by atoms with E-state index in [9.17, 15) is 4.79 Å². The fourth-order valence-corrected chi connectivity index (χ4v) is 3.01. The number of methoxy groups -OCH3 is 1. The lowest BCUT2D eigenvalue weighted by Gasteiger charge is -2.44. The summed E-state index contributed by atoms with van der Waals surface area (Å²) in [7, 11) is 1.38. The molecule has 0 amide bonds. The van der Waals surface area contributed by atoms with Crippen molar-refractivity contribution in [1.82, 2.24) is 5.06 Å². The average molecular weight is 253 g/mol. The molecule has 2 rings (SSSR count). The second-order valence-electron chi connectivity index (χ2n) is 6.87. The van der Waals surface area contributed by atoms with Gasteiger partial charge < -0.3 is 9.57 Å². The Morgan fingerprint density at radius 3 is 2.44 bits per heavy atom. The summed E-state index contributed by atoms with van der Waals surface area (Å²) >= 11 is 0. The Hall–Kier alpha value is -1.03. The van der Waals surface area contributed by atoms with Crippen molar-refractivity contribution >= 4 is 5.97 Å². The van der Waals surface area contributed by atoms with Gasteiger partial charge in [-0.25, -0.2) is 4.79 Å². The van der Waals surface area contributed by atoms with Gasteiger partial charge in [0.1, 0.15) is 0 Å². The van der Waals surface area contributed by atoms with Crippen molar-refractivity contribution in [2.75, 3.05) is 7.11 Å². The minimum absolute atomic E-state index is 0.00343. The molecule has 4 heteroatoms. The first-order chi connectivity index (χ1) is 8.14. The van der Waals surface area contributed by atoms with Gasteiger partial charge in [0.2, 0.25) is 5.76 Å². The third kappa shape index (κ3) is 1.66. The van der Waals surface area contributed by atoms with Crippen LogP contribution in [0.25, 0.3) is 0 Å². The lowest BCUT2D eigenvalue weighted by atomic mass is 9.72. The standard InChI is InChI=1S/C14H23NO3/c1-12(2,3)14-8-7-13(4,5)15(14)18-10(9-14)11(16)17-6/h9H,7-8H2,1-6H3. The normalized spacial score (nSPS) is 30.7. The van der Waals surface area contributed by atoms with E-state index in [1.807, 2.05) is 11.1 Å². The summed E-state index contributed by atoms with van der Waals surface area (Å²) in [5.41, 5.74) is -0.296. The van der Waals surface area contributed by atoms with Gasteiger partial charge >= 0.3 is 5.97 Å². The SMILES string of the molecule is COC(=O)C1=CC2(C(C)(C)C)CCC(C)(C)N2O1. The average Bonchev–Trinajstić information content (AvgIpc) is 2.75. The van der Waals surface area contributed by atoms with Gasteiger partial charge in [-0.05, 0) is 38.2 Å². The van der Waals surface area contributed by atoms with Gasteiger partial charge in [-0.1, -0.05) is 20.8 Å². The van der Waals surface area contributed by atoms with Gasteiger partial charge in [0.05, 0.1) is 18.2 Å². The zero-order valence-corrected chi connectivity index (χ0v) is 12.2. The molecule has 0 bridgehead atoms. The summed E-state index contributed by atoms with van der Waals surface area (Å²) in [6.07, 6.45) is 3.99. The highest BCUT2D eigenvalue weighted by Crippen LogP contribution is 2.54. The fourth-order valence-electron chi connectivity index (χ4n) is 3.01. The molecule has 1 unspecified atom stereocenters. The Kier molecular flexibility index (Phi) is 2.78. The lowest BCUT2D eigenvalue weighted by molar-refractivity contribution is -0.211. The molecule has 18 heavy (non-hydrogen) atoms. The van der Waals surface area contributed by atoms with E-state index in [1.54, 1.807) is 0 Å². The maximum Gasteiger partial charge on any atom is 0.375 e. The van der Waals surface area contributed by atoms with E-state index in [4.69, 9.17) is 9.57 Å². The Balaban J connectivity index is 2.45. The predicted molar refractivity (Wildman–Crippen MR) is 68.5 cm³/mol. The Morgan fingerprint density at radius 2 is 2.00 bits per heavy atom. The van der Waals surface area contributed by atoms with Crippen molar-refractivity contribution in [2.45, 2.75) is 58.5 Å². The molecule has 0 spiro atoms. The van der Waals surface area contributed by atoms with Crippen LogP contribution in [0.2, 0.25) is 0 Å². The number of nitrogens with zero attached hydrogens (tertiary/aromatic N) is 1. The summed E-state index contributed by atoms with van der Waals surface area (Å²) in [5.74, 6) is -0.0796. The van der Waals surface area contributed by atoms with Crippen LogP contribution in [0.15, 0.2) is 11.8 Å². The molecule has 0 N–H and O–H groups in total. The molecule has 0 aromatic heterocycles. The van der Waals surface area contributed by atoms with Gasteiger partial charge in [0.25, 0.3) is 0 Å². The largest absolute Gasteiger partial charge is 0.463 e. The van der Waals surface area contributed by atoms with E-state index in [2.05, 4.69) is 34.6 Å². The maximum absolute atomic E-state index is 11.7. The first-order valence-corrected chi connectivity index (χ1v) is 6.43. The molecule has 0 radical (unpaired) electrons. The molecule has 2 aliphatic heterocycles. The van der Waals surface area contributed by atoms with Crippen LogP contribution in [-0.2, 0) is 14.4 Å². The van der Waals surface area contributed by atoms with E-state index >= 15 is 0 Å². The molecule has 2 aliphatic rings. The zero-order valence-electron chi connectivity index (χ0n) is 12.2. The van der Waals surface area contributed by atoms with Crippen molar-refractivity contribution in [3.63, 3.8) is 0 Å². The Morgan fingerprint density at radius 1 is 1.39 bits per heavy atom. The third-order valence-corrected chi connectivity index (χ3v) is 4.27. The van der Waals surface area contributed by atoms with Gasteiger partial charge in [-0.3, -0.25) is 0 Å². The molecule has 2 heterocycles. The van der Waals surface area contributed by atoms with Crippen LogP contribution in [0.4, 0.5) is 0 Å². The fraction of sp³-hybridized carbons (Fsp3) is 0.786. The van der Waals surface area contributed by atoms with E-state index in [0.717, 1.165) is 12.8 Å². The molecule has 1 saturated heterocycles. The van der Waals surface area contributed by atoms with Gasteiger partial charge in [-0.15, -0.1) is 5.06 Å². The number of esters is 1. The summed E-state index contributed by atoms with van der Waals surface area (Å²) in [5, 5.41) is 1.99. The molecule has 4 nitrogen and oxygen atoms in total. The predicted octanol–water partition coefficient (Wildman–Crippen LogP) is 2.65. The summed E-state index contributed by atoms with van der Waals surface area (Å²) in [4.78, 5) is 17.5. The number of hydrogen-bond acceptors (Lipinski definition) is 4. The second kappa shape index (κ2) is 3.73. The van der Waals surface area contributed by atoms with E-state index in [0.29, 0.717) is 5.76 Å². The first kappa shape index (κ1) is 13.4. The zero-order chi connectivity index (χ0) is 13.8. The molecular weight excluding hydrogens is 230 g/mol. The molecule has 102 valence electrons. The quantitative estimate of drug-likeness (QED) is 0.673. The highest BCUT2D eigenvalue weighted by Gasteiger charge is 2.61. The molecule has 0 saturated carbocycles. The number of hydroxylamine groups is 2. The van der Waals surface area contributed by atoms with Crippen LogP contribution in [0, 0.1) is 5.41 Å². The van der Waals surface area contributed by atoms with E-state index < -0.39 is 5.97 Å². The van der Waals surface area contributed by atoms with Crippen LogP contribution < -0.4 is 0 Å². The van der Waals surface area contributed by atoms with Crippen molar-refractivity contribution in [1.29, 1.82) is 0 Å². The molecule has 0 aromatic carbocycles.